The molecule has 1 amide bonds. The molecule has 0 spiro atoms. The van der Waals surface area contributed by atoms with Crippen molar-refractivity contribution in [1.29, 1.82) is 0 Å². The van der Waals surface area contributed by atoms with Gasteiger partial charge in [0.15, 0.2) is 0 Å². The minimum atomic E-state index is -0.414. The second-order valence-electron chi connectivity index (χ2n) is 3.54. The highest BCUT2D eigenvalue weighted by molar-refractivity contribution is 6.43. The lowest BCUT2D eigenvalue weighted by Crippen LogP contribution is -2.26. The van der Waals surface area contributed by atoms with Gasteiger partial charge < -0.3 is 4.74 Å². The molecule has 1 N–H and O–H groups in total. The van der Waals surface area contributed by atoms with Crippen molar-refractivity contribution in [3.05, 3.63) is 27.2 Å². The number of carbonyl (C=O) groups is 1. The number of ether oxygens (including phenoxy) is 1. The number of hydrogen-bond acceptors (Lipinski definition) is 3. The summed E-state index contributed by atoms with van der Waals surface area (Å²) in [6.45, 7) is 1.76. The molecule has 1 aromatic rings. The van der Waals surface area contributed by atoms with E-state index in [0.717, 1.165) is 0 Å². The largest absolute Gasteiger partial charge is 0.492 e. The fourth-order valence-corrected chi connectivity index (χ4v) is 1.76. The van der Waals surface area contributed by atoms with Gasteiger partial charge in [-0.05, 0) is 6.07 Å². The molecule has 0 aliphatic carbocycles. The molecule has 0 aromatic heterocycles. The monoisotopic (exact) mass is 311 g/mol. The molecule has 0 heterocycles. The number of rotatable bonds is 5. The summed E-state index contributed by atoms with van der Waals surface area (Å²) in [6, 6.07) is 3.02. The number of benzene rings is 1. The number of hydroxylamine groups is 2. The fraction of sp³-hybridized carbons (Fsp3) is 0.364. The predicted octanol–water partition coefficient (Wildman–Crippen LogP) is 3.65. The summed E-state index contributed by atoms with van der Waals surface area (Å²) in [5.41, 5.74) is 0. The van der Waals surface area contributed by atoms with E-state index in [1.54, 1.807) is 0 Å². The van der Waals surface area contributed by atoms with Crippen LogP contribution in [-0.4, -0.2) is 29.3 Å². The summed E-state index contributed by atoms with van der Waals surface area (Å²) < 4.78 is 5.38. The van der Waals surface area contributed by atoms with E-state index in [9.17, 15) is 4.79 Å². The van der Waals surface area contributed by atoms with Gasteiger partial charge in [0.1, 0.15) is 5.75 Å². The number of nitrogens with zero attached hydrogens (tertiary/aromatic N) is 1. The summed E-state index contributed by atoms with van der Waals surface area (Å²) in [4.78, 5) is 10.7. The minimum Gasteiger partial charge on any atom is -0.492 e. The van der Waals surface area contributed by atoms with Crippen LogP contribution in [0.4, 0.5) is 0 Å². The Morgan fingerprint density at radius 3 is 2.50 bits per heavy atom. The molecule has 1 rings (SSSR count). The van der Waals surface area contributed by atoms with Gasteiger partial charge in [-0.3, -0.25) is 10.0 Å². The predicted molar refractivity (Wildman–Crippen MR) is 70.8 cm³/mol. The molecule has 0 saturated carbocycles. The molecule has 0 radical (unpaired) electrons. The van der Waals surface area contributed by atoms with Gasteiger partial charge in [0, 0.05) is 19.4 Å². The van der Waals surface area contributed by atoms with Crippen LogP contribution in [-0.2, 0) is 4.79 Å². The fourth-order valence-electron chi connectivity index (χ4n) is 1.17. The summed E-state index contributed by atoms with van der Waals surface area (Å²) in [5, 5.41) is 10.8. The maximum atomic E-state index is 10.7. The Kier molecular flexibility index (Phi) is 6.02. The van der Waals surface area contributed by atoms with Crippen molar-refractivity contribution in [2.75, 3.05) is 13.2 Å². The van der Waals surface area contributed by atoms with E-state index in [0.29, 0.717) is 38.9 Å². The third kappa shape index (κ3) is 4.53. The molecular formula is C11H12Cl3NO3. The third-order valence-corrected chi connectivity index (χ3v) is 3.13. The topological polar surface area (TPSA) is 49.8 Å². The Bertz CT molecular complexity index is 440. The quantitative estimate of drug-likeness (QED) is 0.391. The summed E-state index contributed by atoms with van der Waals surface area (Å²) in [7, 11) is 0. The average Bonchev–Trinajstić information content (AvgIpc) is 2.30. The standard InChI is InChI=1S/C11H12Cl3NO3/c1-7(16)15(17)3-2-4-18-11-6-9(13)8(12)5-10(11)14/h5-6,17H,2-4H2,1H3. The maximum Gasteiger partial charge on any atom is 0.242 e. The highest BCUT2D eigenvalue weighted by atomic mass is 35.5. The first kappa shape index (κ1) is 15.4. The molecule has 1 aromatic carbocycles. The molecule has 18 heavy (non-hydrogen) atoms. The lowest BCUT2D eigenvalue weighted by Gasteiger charge is -2.13. The van der Waals surface area contributed by atoms with E-state index in [1.807, 2.05) is 0 Å². The molecule has 0 aliphatic rings. The zero-order valence-electron chi connectivity index (χ0n) is 9.62. The van der Waals surface area contributed by atoms with Crippen molar-refractivity contribution < 1.29 is 14.7 Å². The first-order valence-corrected chi connectivity index (χ1v) is 6.29. The zero-order valence-corrected chi connectivity index (χ0v) is 11.9. The SMILES string of the molecule is CC(=O)N(O)CCCOc1cc(Cl)c(Cl)cc1Cl. The summed E-state index contributed by atoms with van der Waals surface area (Å²) >= 11 is 17.5. The van der Waals surface area contributed by atoms with E-state index >= 15 is 0 Å². The van der Waals surface area contributed by atoms with E-state index in [-0.39, 0.29) is 6.54 Å². The average molecular weight is 313 g/mol. The van der Waals surface area contributed by atoms with Crippen LogP contribution in [0.5, 0.6) is 5.75 Å². The molecule has 0 unspecified atom stereocenters. The van der Waals surface area contributed by atoms with E-state index < -0.39 is 5.91 Å². The van der Waals surface area contributed by atoms with Gasteiger partial charge in [0.25, 0.3) is 0 Å². The highest BCUT2D eigenvalue weighted by Crippen LogP contribution is 2.33. The van der Waals surface area contributed by atoms with Crippen molar-refractivity contribution in [3.63, 3.8) is 0 Å². The van der Waals surface area contributed by atoms with E-state index in [2.05, 4.69) is 0 Å². The number of hydrogen-bond donors (Lipinski definition) is 1. The van der Waals surface area contributed by atoms with Crippen LogP contribution in [0.3, 0.4) is 0 Å². The Labute approximate surface area is 120 Å². The van der Waals surface area contributed by atoms with Gasteiger partial charge in [0.05, 0.1) is 28.2 Å². The molecular weight excluding hydrogens is 300 g/mol. The highest BCUT2D eigenvalue weighted by Gasteiger charge is 2.08. The Morgan fingerprint density at radius 1 is 1.28 bits per heavy atom. The van der Waals surface area contributed by atoms with Gasteiger partial charge in [-0.25, -0.2) is 5.06 Å². The van der Waals surface area contributed by atoms with Gasteiger partial charge in [-0.15, -0.1) is 0 Å². The van der Waals surface area contributed by atoms with E-state index in [1.165, 1.54) is 19.1 Å². The summed E-state index contributed by atoms with van der Waals surface area (Å²) in [5.74, 6) is 0.000881. The maximum absolute atomic E-state index is 10.7. The smallest absolute Gasteiger partial charge is 0.242 e. The molecule has 0 aliphatic heterocycles. The van der Waals surface area contributed by atoms with Crippen LogP contribution in [0.25, 0.3) is 0 Å². The van der Waals surface area contributed by atoms with Crippen molar-refractivity contribution >= 4 is 40.7 Å². The molecule has 0 atom stereocenters. The third-order valence-electron chi connectivity index (χ3n) is 2.11. The molecule has 7 heteroatoms. The second kappa shape index (κ2) is 7.04. The number of carbonyl (C=O) groups excluding carboxylic acids is 1. The van der Waals surface area contributed by atoms with Crippen LogP contribution in [0, 0.1) is 0 Å². The van der Waals surface area contributed by atoms with Crippen LogP contribution in [0.1, 0.15) is 13.3 Å². The molecule has 100 valence electrons. The van der Waals surface area contributed by atoms with Crippen LogP contribution in [0.15, 0.2) is 12.1 Å². The number of amides is 1. The van der Waals surface area contributed by atoms with Crippen LogP contribution in [0.2, 0.25) is 15.1 Å². The van der Waals surface area contributed by atoms with Gasteiger partial charge >= 0.3 is 0 Å². The molecule has 0 bridgehead atoms. The Morgan fingerprint density at radius 2 is 1.89 bits per heavy atom. The van der Waals surface area contributed by atoms with Crippen LogP contribution < -0.4 is 4.74 Å². The Balaban J connectivity index is 2.45. The molecule has 0 fully saturated rings. The second-order valence-corrected chi connectivity index (χ2v) is 4.76. The first-order chi connectivity index (χ1) is 8.41. The molecule has 0 saturated heterocycles. The van der Waals surface area contributed by atoms with Gasteiger partial charge in [-0.1, -0.05) is 34.8 Å². The van der Waals surface area contributed by atoms with Crippen LogP contribution >= 0.6 is 34.8 Å². The zero-order chi connectivity index (χ0) is 13.7. The lowest BCUT2D eigenvalue weighted by molar-refractivity contribution is -0.163. The lowest BCUT2D eigenvalue weighted by atomic mass is 10.3. The van der Waals surface area contributed by atoms with Gasteiger partial charge in [-0.2, -0.15) is 0 Å². The summed E-state index contributed by atoms with van der Waals surface area (Å²) in [6.07, 6.45) is 0.465. The van der Waals surface area contributed by atoms with Crippen molar-refractivity contribution in [2.24, 2.45) is 0 Å². The minimum absolute atomic E-state index is 0.189. The normalized spacial score (nSPS) is 10.3. The Hall–Kier alpha value is -0.680. The van der Waals surface area contributed by atoms with E-state index in [4.69, 9.17) is 44.7 Å². The van der Waals surface area contributed by atoms with Crippen molar-refractivity contribution in [1.82, 2.24) is 5.06 Å². The molecule has 4 nitrogen and oxygen atoms in total. The van der Waals surface area contributed by atoms with Crippen molar-refractivity contribution in [2.45, 2.75) is 13.3 Å². The first-order valence-electron chi connectivity index (χ1n) is 5.16. The number of halogens is 3. The van der Waals surface area contributed by atoms with Crippen molar-refractivity contribution in [3.8, 4) is 5.75 Å². The van der Waals surface area contributed by atoms with Gasteiger partial charge in [0.2, 0.25) is 5.91 Å².